The van der Waals surface area contributed by atoms with Crippen molar-refractivity contribution in [3.63, 3.8) is 0 Å². The molecule has 2 unspecified atom stereocenters. The number of ether oxygens (including phenoxy) is 1. The Morgan fingerprint density at radius 1 is 1.46 bits per heavy atom. The first-order valence-electron chi connectivity index (χ1n) is 4.08. The van der Waals surface area contributed by atoms with Crippen LogP contribution in [0.5, 0.6) is 0 Å². The Morgan fingerprint density at radius 2 is 2.15 bits per heavy atom. The van der Waals surface area contributed by atoms with Gasteiger partial charge in [-0.3, -0.25) is 10.2 Å². The zero-order valence-corrected chi connectivity index (χ0v) is 7.37. The van der Waals surface area contributed by atoms with Crippen LogP contribution in [0.25, 0.3) is 0 Å². The number of rotatable bonds is 1. The summed E-state index contributed by atoms with van der Waals surface area (Å²) in [5, 5.41) is 0. The molecule has 0 saturated carbocycles. The number of hydrogen-bond acceptors (Lipinski definition) is 3. The van der Waals surface area contributed by atoms with Crippen molar-refractivity contribution in [1.29, 1.82) is 0 Å². The van der Waals surface area contributed by atoms with Gasteiger partial charge in [-0.1, -0.05) is 6.92 Å². The van der Waals surface area contributed by atoms with Gasteiger partial charge in [-0.15, -0.1) is 0 Å². The lowest BCUT2D eigenvalue weighted by Gasteiger charge is -2.13. The molecular formula is C7H13N3O3. The summed E-state index contributed by atoms with van der Waals surface area (Å²) >= 11 is 0. The van der Waals surface area contributed by atoms with Crippen LogP contribution < -0.4 is 16.6 Å². The summed E-state index contributed by atoms with van der Waals surface area (Å²) in [6, 6.07) is -0.793. The molecule has 0 aromatic rings. The number of amides is 3. The maximum atomic E-state index is 11.3. The maximum Gasteiger partial charge on any atom is 0.330 e. The predicted octanol–water partition coefficient (Wildman–Crippen LogP) is -0.889. The number of primary amides is 1. The van der Waals surface area contributed by atoms with Gasteiger partial charge in [0.2, 0.25) is 0 Å². The SMILES string of the molecule is CC1CCOC1C(=O)NNC(N)=O. The molecule has 1 rings (SSSR count). The third-order valence-electron chi connectivity index (χ3n) is 1.95. The van der Waals surface area contributed by atoms with E-state index in [9.17, 15) is 9.59 Å². The Bertz CT molecular complexity index is 219. The van der Waals surface area contributed by atoms with Crippen LogP contribution in [0, 0.1) is 5.92 Å². The minimum Gasteiger partial charge on any atom is -0.368 e. The van der Waals surface area contributed by atoms with E-state index in [4.69, 9.17) is 10.5 Å². The Kier molecular flexibility index (Phi) is 3.07. The monoisotopic (exact) mass is 187 g/mol. The van der Waals surface area contributed by atoms with Crippen LogP contribution in [0.15, 0.2) is 0 Å². The van der Waals surface area contributed by atoms with Gasteiger partial charge in [0.15, 0.2) is 0 Å². The molecule has 0 aliphatic carbocycles. The van der Waals surface area contributed by atoms with Crippen LogP contribution in [0.1, 0.15) is 13.3 Å². The Morgan fingerprint density at radius 3 is 2.62 bits per heavy atom. The fourth-order valence-electron chi connectivity index (χ4n) is 1.22. The number of carbonyl (C=O) groups is 2. The summed E-state index contributed by atoms with van der Waals surface area (Å²) in [6.45, 7) is 2.50. The van der Waals surface area contributed by atoms with Gasteiger partial charge in [-0.25, -0.2) is 10.2 Å². The first-order chi connectivity index (χ1) is 6.11. The second kappa shape index (κ2) is 4.08. The van der Waals surface area contributed by atoms with Crippen LogP contribution in [0.3, 0.4) is 0 Å². The minimum absolute atomic E-state index is 0.176. The lowest BCUT2D eigenvalue weighted by molar-refractivity contribution is -0.132. The molecule has 3 amide bonds. The van der Waals surface area contributed by atoms with E-state index in [-0.39, 0.29) is 11.8 Å². The van der Waals surface area contributed by atoms with Gasteiger partial charge in [0.05, 0.1) is 0 Å². The van der Waals surface area contributed by atoms with Crippen molar-refractivity contribution < 1.29 is 14.3 Å². The van der Waals surface area contributed by atoms with Gasteiger partial charge in [0.25, 0.3) is 5.91 Å². The van der Waals surface area contributed by atoms with Gasteiger partial charge in [0.1, 0.15) is 6.10 Å². The van der Waals surface area contributed by atoms with Crippen molar-refractivity contribution in [3.8, 4) is 0 Å². The molecule has 4 N–H and O–H groups in total. The number of hydrazine groups is 1. The predicted molar refractivity (Wildman–Crippen MR) is 44.4 cm³/mol. The summed E-state index contributed by atoms with van der Waals surface area (Å²) in [4.78, 5) is 21.5. The Balaban J connectivity index is 2.34. The summed E-state index contributed by atoms with van der Waals surface area (Å²) < 4.78 is 5.16. The number of nitrogens with one attached hydrogen (secondary N) is 2. The van der Waals surface area contributed by atoms with Gasteiger partial charge < -0.3 is 10.5 Å². The molecule has 1 fully saturated rings. The second-order valence-corrected chi connectivity index (χ2v) is 3.04. The molecule has 1 aliphatic heterocycles. The van der Waals surface area contributed by atoms with E-state index in [1.54, 1.807) is 0 Å². The average Bonchev–Trinajstić information content (AvgIpc) is 2.47. The third kappa shape index (κ3) is 2.59. The highest BCUT2D eigenvalue weighted by Crippen LogP contribution is 2.19. The standard InChI is InChI=1S/C7H13N3O3/c1-4-2-3-13-5(4)6(11)9-10-7(8)12/h4-5H,2-3H2,1H3,(H,9,11)(H3,8,10,12). The van der Waals surface area contributed by atoms with Crippen molar-refractivity contribution in [3.05, 3.63) is 0 Å². The molecule has 0 bridgehead atoms. The van der Waals surface area contributed by atoms with Crippen molar-refractivity contribution >= 4 is 11.9 Å². The summed E-state index contributed by atoms with van der Waals surface area (Å²) in [5.41, 5.74) is 8.94. The number of urea groups is 1. The largest absolute Gasteiger partial charge is 0.368 e. The molecule has 0 spiro atoms. The normalized spacial score (nSPS) is 26.8. The zero-order chi connectivity index (χ0) is 9.84. The summed E-state index contributed by atoms with van der Waals surface area (Å²) in [5.74, 6) is -0.182. The van der Waals surface area contributed by atoms with Crippen LogP contribution in [-0.4, -0.2) is 24.6 Å². The van der Waals surface area contributed by atoms with Crippen molar-refractivity contribution in [2.24, 2.45) is 11.7 Å². The fourth-order valence-corrected chi connectivity index (χ4v) is 1.22. The van der Waals surface area contributed by atoms with E-state index in [0.29, 0.717) is 6.61 Å². The molecule has 1 saturated heterocycles. The number of nitrogens with two attached hydrogens (primary N) is 1. The van der Waals surface area contributed by atoms with Gasteiger partial charge in [-0.05, 0) is 12.3 Å². The van der Waals surface area contributed by atoms with Gasteiger partial charge in [-0.2, -0.15) is 0 Å². The van der Waals surface area contributed by atoms with Crippen molar-refractivity contribution in [2.45, 2.75) is 19.4 Å². The van der Waals surface area contributed by atoms with Crippen LogP contribution >= 0.6 is 0 Å². The lowest BCUT2D eigenvalue weighted by Crippen LogP contribution is -2.49. The highest BCUT2D eigenvalue weighted by Gasteiger charge is 2.30. The van der Waals surface area contributed by atoms with Gasteiger partial charge in [0, 0.05) is 6.61 Å². The van der Waals surface area contributed by atoms with E-state index in [0.717, 1.165) is 6.42 Å². The first-order valence-corrected chi connectivity index (χ1v) is 4.08. The molecule has 0 radical (unpaired) electrons. The van der Waals surface area contributed by atoms with Crippen molar-refractivity contribution in [2.75, 3.05) is 6.61 Å². The summed E-state index contributed by atoms with van der Waals surface area (Å²) in [6.07, 6.45) is 0.376. The molecule has 2 atom stereocenters. The van der Waals surface area contributed by atoms with E-state index in [1.165, 1.54) is 0 Å². The van der Waals surface area contributed by atoms with Crippen LogP contribution in [0.2, 0.25) is 0 Å². The molecule has 0 aromatic heterocycles. The topological polar surface area (TPSA) is 93.4 Å². The van der Waals surface area contributed by atoms with E-state index < -0.39 is 12.1 Å². The lowest BCUT2D eigenvalue weighted by atomic mass is 10.0. The zero-order valence-electron chi connectivity index (χ0n) is 7.37. The first kappa shape index (κ1) is 9.79. The molecule has 1 aliphatic rings. The highest BCUT2D eigenvalue weighted by molar-refractivity contribution is 5.83. The number of carbonyl (C=O) groups excluding carboxylic acids is 2. The Hall–Kier alpha value is -1.30. The molecule has 0 aromatic carbocycles. The van der Waals surface area contributed by atoms with Crippen molar-refractivity contribution in [1.82, 2.24) is 10.9 Å². The quantitative estimate of drug-likeness (QED) is 0.465. The minimum atomic E-state index is -0.793. The molecular weight excluding hydrogens is 174 g/mol. The Labute approximate surface area is 75.8 Å². The van der Waals surface area contributed by atoms with E-state index in [2.05, 4.69) is 5.43 Å². The molecule has 1 heterocycles. The smallest absolute Gasteiger partial charge is 0.330 e. The fraction of sp³-hybridized carbons (Fsp3) is 0.714. The maximum absolute atomic E-state index is 11.3. The molecule has 74 valence electrons. The van der Waals surface area contributed by atoms with E-state index >= 15 is 0 Å². The molecule has 6 nitrogen and oxygen atoms in total. The van der Waals surface area contributed by atoms with Gasteiger partial charge >= 0.3 is 6.03 Å². The highest BCUT2D eigenvalue weighted by atomic mass is 16.5. The third-order valence-corrected chi connectivity index (χ3v) is 1.95. The number of hydrogen-bond donors (Lipinski definition) is 3. The molecule has 13 heavy (non-hydrogen) atoms. The van der Waals surface area contributed by atoms with Crippen LogP contribution in [-0.2, 0) is 9.53 Å². The summed E-state index contributed by atoms with van der Waals surface area (Å²) in [7, 11) is 0. The van der Waals surface area contributed by atoms with Crippen LogP contribution in [0.4, 0.5) is 4.79 Å². The average molecular weight is 187 g/mol. The molecule has 6 heteroatoms. The van der Waals surface area contributed by atoms with E-state index in [1.807, 2.05) is 12.3 Å². The second-order valence-electron chi connectivity index (χ2n) is 3.04.